The zero-order valence-corrected chi connectivity index (χ0v) is 32.6. The minimum Gasteiger partial charge on any atom is -0.393 e. The van der Waals surface area contributed by atoms with Crippen LogP contribution in [-0.2, 0) is 19.6 Å². The molecule has 6 rings (SSSR count). The molecule has 49 heavy (non-hydrogen) atoms. The maximum Gasteiger partial charge on any atom is 0.242 e. The summed E-state index contributed by atoms with van der Waals surface area (Å²) in [7, 11) is 0. The third kappa shape index (κ3) is 5.10. The van der Waals surface area contributed by atoms with E-state index in [1.807, 2.05) is 40.7 Å². The van der Waals surface area contributed by atoms with E-state index in [1.165, 1.54) is 5.57 Å². The molecule has 1 radical (unpaired) electrons. The van der Waals surface area contributed by atoms with E-state index in [4.69, 9.17) is 0 Å². The summed E-state index contributed by atoms with van der Waals surface area (Å²) in [4.78, 5) is 42.2. The fourth-order valence-electron chi connectivity index (χ4n) is 13.1. The monoisotopic (exact) mass is 681 g/mol. The second kappa shape index (κ2) is 11.1. The smallest absolute Gasteiger partial charge is 0.242 e. The molecule has 1 saturated heterocycles. The van der Waals surface area contributed by atoms with Crippen molar-refractivity contribution in [1.29, 1.82) is 0 Å². The van der Waals surface area contributed by atoms with Gasteiger partial charge in [0, 0.05) is 16.9 Å². The van der Waals surface area contributed by atoms with Crippen molar-refractivity contribution in [1.82, 2.24) is 15.7 Å². The number of fused-ring (bicyclic) bond motifs is 7. The first-order chi connectivity index (χ1) is 22.3. The second-order valence-corrected chi connectivity index (χ2v) is 20.8. The van der Waals surface area contributed by atoms with Crippen LogP contribution in [0.5, 0.6) is 0 Å². The lowest BCUT2D eigenvalue weighted by Crippen LogP contribution is -2.66. The molecule has 0 aromatic carbocycles. The van der Waals surface area contributed by atoms with Crippen LogP contribution in [0.1, 0.15) is 147 Å². The Morgan fingerprint density at radius 1 is 0.878 bits per heavy atom. The highest BCUT2D eigenvalue weighted by atomic mass is 16.5. The molecule has 1 unspecified atom stereocenters. The van der Waals surface area contributed by atoms with Crippen molar-refractivity contribution in [3.8, 4) is 0 Å². The number of hydroxylamine groups is 2. The van der Waals surface area contributed by atoms with Crippen LogP contribution in [0.3, 0.4) is 0 Å². The molecule has 8 nitrogen and oxygen atoms in total. The van der Waals surface area contributed by atoms with Crippen LogP contribution in [0.15, 0.2) is 11.6 Å². The molecule has 2 amide bonds. The standard InChI is InChI=1S/C41H66N3O5/c1-24(32(47)43-29-23-34(2,3)44(49)36(29,6)7)42-33(48)38(9)18-17-37(8)19-20-40(11)25(26(37)22-38)21-27(45)31-39(10)15-14-30(46)35(4,5)28(39)13-16-41(31,40)12/h21,24,26,28-31,46H,13-20,22-23H2,1-12H3,(H,42,48)(H,43,47)/t24-,26-,28-,29?,30-,31+,37+,38-,39-,40+,41+/m0/s1. The second-order valence-electron chi connectivity index (χ2n) is 20.8. The summed E-state index contributed by atoms with van der Waals surface area (Å²) < 4.78 is 0. The molecule has 1 heterocycles. The summed E-state index contributed by atoms with van der Waals surface area (Å²) in [5.41, 5.74) is -1.45. The van der Waals surface area contributed by atoms with Gasteiger partial charge < -0.3 is 15.7 Å². The van der Waals surface area contributed by atoms with Crippen molar-refractivity contribution in [3.63, 3.8) is 0 Å². The maximum atomic E-state index is 14.6. The molecule has 0 aromatic heterocycles. The fraction of sp³-hybridized carbons (Fsp3) is 0.878. The van der Waals surface area contributed by atoms with Crippen molar-refractivity contribution < 1.29 is 24.7 Å². The molecular formula is C41H66N3O5. The Bertz CT molecular complexity index is 1450. The van der Waals surface area contributed by atoms with Gasteiger partial charge in [-0.3, -0.25) is 14.4 Å². The lowest BCUT2D eigenvalue weighted by atomic mass is 9.33. The molecular weight excluding hydrogens is 614 g/mol. The number of nitrogens with one attached hydrogen (secondary N) is 2. The zero-order chi connectivity index (χ0) is 36.5. The summed E-state index contributed by atoms with van der Waals surface area (Å²) in [5, 5.41) is 31.2. The molecule has 275 valence electrons. The molecule has 5 fully saturated rings. The minimum atomic E-state index is -0.748. The zero-order valence-electron chi connectivity index (χ0n) is 32.6. The Morgan fingerprint density at radius 3 is 2.12 bits per heavy atom. The topological polar surface area (TPSA) is 119 Å². The minimum absolute atomic E-state index is 0.0146. The van der Waals surface area contributed by atoms with Crippen molar-refractivity contribution in [2.45, 2.75) is 177 Å². The number of carbonyl (C=O) groups is 3. The third-order valence-electron chi connectivity index (χ3n) is 16.8. The van der Waals surface area contributed by atoms with Gasteiger partial charge in [-0.05, 0) is 144 Å². The number of hydrogen-bond donors (Lipinski definition) is 3. The Morgan fingerprint density at radius 2 is 1.51 bits per heavy atom. The van der Waals surface area contributed by atoms with Gasteiger partial charge in [-0.15, -0.1) is 10.3 Å². The first-order valence-corrected chi connectivity index (χ1v) is 19.3. The maximum absolute atomic E-state index is 14.6. The van der Waals surface area contributed by atoms with Gasteiger partial charge in [0.15, 0.2) is 5.78 Å². The number of aliphatic hydroxyl groups is 1. The Hall–Kier alpha value is -1.77. The highest BCUT2D eigenvalue weighted by Crippen LogP contribution is 2.75. The summed E-state index contributed by atoms with van der Waals surface area (Å²) in [6, 6.07) is -1.06. The van der Waals surface area contributed by atoms with Gasteiger partial charge in [0.05, 0.1) is 17.7 Å². The van der Waals surface area contributed by atoms with Gasteiger partial charge in [-0.2, -0.15) is 0 Å². The van der Waals surface area contributed by atoms with E-state index in [1.54, 1.807) is 6.92 Å². The van der Waals surface area contributed by atoms with E-state index < -0.39 is 22.5 Å². The van der Waals surface area contributed by atoms with Crippen LogP contribution < -0.4 is 10.6 Å². The first-order valence-electron chi connectivity index (χ1n) is 19.3. The van der Waals surface area contributed by atoms with E-state index in [0.717, 1.165) is 56.4 Å². The average Bonchev–Trinajstić information content (AvgIpc) is 3.15. The number of rotatable bonds is 4. The quantitative estimate of drug-likeness (QED) is 0.298. The van der Waals surface area contributed by atoms with Crippen LogP contribution in [0, 0.1) is 50.2 Å². The van der Waals surface area contributed by atoms with Gasteiger partial charge in [0.2, 0.25) is 11.8 Å². The van der Waals surface area contributed by atoms with E-state index in [-0.39, 0.29) is 68.7 Å². The molecule has 0 aromatic rings. The van der Waals surface area contributed by atoms with E-state index in [2.05, 4.69) is 52.2 Å². The molecule has 5 aliphatic carbocycles. The molecule has 1 aliphatic heterocycles. The Kier molecular flexibility index (Phi) is 8.40. The molecule has 4 saturated carbocycles. The van der Waals surface area contributed by atoms with Crippen molar-refractivity contribution in [2.24, 2.45) is 50.2 Å². The summed E-state index contributed by atoms with van der Waals surface area (Å²) in [5.74, 6) is 0.212. The summed E-state index contributed by atoms with van der Waals surface area (Å²) in [6.07, 6.45) is 10.3. The van der Waals surface area contributed by atoms with E-state index >= 15 is 0 Å². The number of amides is 2. The lowest BCUT2D eigenvalue weighted by molar-refractivity contribution is -0.246. The molecule has 11 atom stereocenters. The highest BCUT2D eigenvalue weighted by molar-refractivity contribution is 5.96. The Balaban J connectivity index is 1.24. The summed E-state index contributed by atoms with van der Waals surface area (Å²) >= 11 is 0. The van der Waals surface area contributed by atoms with Crippen LogP contribution in [0.4, 0.5) is 0 Å². The number of aliphatic hydroxyl groups excluding tert-OH is 1. The predicted molar refractivity (Wildman–Crippen MR) is 190 cm³/mol. The van der Waals surface area contributed by atoms with E-state index in [9.17, 15) is 24.7 Å². The number of carbonyl (C=O) groups excluding carboxylic acids is 3. The molecule has 0 spiro atoms. The van der Waals surface area contributed by atoms with Crippen LogP contribution in [0.25, 0.3) is 0 Å². The lowest BCUT2D eigenvalue weighted by Gasteiger charge is -2.70. The summed E-state index contributed by atoms with van der Waals surface area (Å²) in [6.45, 7) is 25.3. The van der Waals surface area contributed by atoms with Gasteiger partial charge in [0.1, 0.15) is 6.04 Å². The highest BCUT2D eigenvalue weighted by Gasteiger charge is 2.70. The fourth-order valence-corrected chi connectivity index (χ4v) is 13.1. The first kappa shape index (κ1) is 37.0. The number of hydrogen-bond acceptors (Lipinski definition) is 5. The molecule has 6 aliphatic rings. The number of allylic oxidation sites excluding steroid dienone is 2. The SMILES string of the molecule is C[C@H](NC(=O)[C@@]1(C)CC[C@]2(C)CC[C@]3(C)C(=CC(=O)[C@@H]4[C@@]5(C)CC[C@H](O)C(C)(C)[C@@H]5CC[C@]43C)[C@@H]2C1)C(=O)NC1CC(C)(C)N([O])C1(C)C. The molecule has 8 heteroatoms. The van der Waals surface area contributed by atoms with Gasteiger partial charge in [0.25, 0.3) is 0 Å². The largest absolute Gasteiger partial charge is 0.393 e. The number of ketones is 1. The van der Waals surface area contributed by atoms with Crippen LogP contribution in [0.2, 0.25) is 0 Å². The normalized spacial score (nSPS) is 47.4. The van der Waals surface area contributed by atoms with Gasteiger partial charge in [-0.1, -0.05) is 54.0 Å². The van der Waals surface area contributed by atoms with E-state index in [0.29, 0.717) is 18.8 Å². The van der Waals surface area contributed by atoms with Crippen molar-refractivity contribution >= 4 is 17.6 Å². The van der Waals surface area contributed by atoms with Crippen LogP contribution >= 0.6 is 0 Å². The van der Waals surface area contributed by atoms with Gasteiger partial charge >= 0.3 is 0 Å². The molecule has 3 N–H and O–H groups in total. The van der Waals surface area contributed by atoms with Crippen molar-refractivity contribution in [3.05, 3.63) is 11.6 Å². The number of nitrogens with zero attached hydrogens (tertiary/aromatic N) is 1. The average molecular weight is 681 g/mol. The van der Waals surface area contributed by atoms with Crippen molar-refractivity contribution in [2.75, 3.05) is 0 Å². The predicted octanol–water partition coefficient (Wildman–Crippen LogP) is 6.93. The van der Waals surface area contributed by atoms with Crippen LogP contribution in [-0.4, -0.2) is 57.0 Å². The Labute approximate surface area is 295 Å². The third-order valence-corrected chi connectivity index (χ3v) is 16.8. The molecule has 0 bridgehead atoms. The van der Waals surface area contributed by atoms with Gasteiger partial charge in [-0.25, -0.2) is 0 Å².